The minimum Gasteiger partial charge on any atom is -0.351 e. The maximum Gasteiger partial charge on any atom is 0.239 e. The standard InChI is InChI=1S/C16H28N2O/c1-4-17-16(2,3)15(19)18-14-9-10-8-13(14)12-7-5-6-11(10)12/h10-14,17H,4-9H2,1-3H3,(H,18,19). The number of rotatable bonds is 4. The van der Waals surface area contributed by atoms with E-state index in [0.717, 1.165) is 30.2 Å². The molecular weight excluding hydrogens is 236 g/mol. The Bertz CT molecular complexity index is 366. The first-order valence-electron chi connectivity index (χ1n) is 8.09. The van der Waals surface area contributed by atoms with Crippen LogP contribution in [-0.2, 0) is 4.79 Å². The van der Waals surface area contributed by atoms with Crippen molar-refractivity contribution in [1.29, 1.82) is 0 Å². The van der Waals surface area contributed by atoms with Crippen molar-refractivity contribution in [3.8, 4) is 0 Å². The van der Waals surface area contributed by atoms with Crippen LogP contribution in [0.25, 0.3) is 0 Å². The summed E-state index contributed by atoms with van der Waals surface area (Å²) in [5.74, 6) is 3.79. The van der Waals surface area contributed by atoms with Gasteiger partial charge < -0.3 is 10.6 Å². The zero-order chi connectivity index (χ0) is 13.6. The number of fused-ring (bicyclic) bond motifs is 5. The molecule has 5 unspecified atom stereocenters. The number of amides is 1. The third-order valence-electron chi connectivity index (χ3n) is 5.93. The van der Waals surface area contributed by atoms with E-state index in [-0.39, 0.29) is 5.91 Å². The normalized spacial score (nSPS) is 40.5. The van der Waals surface area contributed by atoms with Gasteiger partial charge >= 0.3 is 0 Å². The van der Waals surface area contributed by atoms with Crippen molar-refractivity contribution in [2.75, 3.05) is 6.54 Å². The molecule has 0 aromatic rings. The first-order chi connectivity index (χ1) is 9.03. The average molecular weight is 264 g/mol. The van der Waals surface area contributed by atoms with Crippen LogP contribution in [0.1, 0.15) is 52.9 Å². The summed E-state index contributed by atoms with van der Waals surface area (Å²) in [6.07, 6.45) is 6.90. The molecule has 3 nitrogen and oxygen atoms in total. The number of carbonyl (C=O) groups is 1. The summed E-state index contributed by atoms with van der Waals surface area (Å²) in [6.45, 7) is 6.85. The molecule has 3 aliphatic carbocycles. The minimum atomic E-state index is -0.439. The van der Waals surface area contributed by atoms with Crippen molar-refractivity contribution in [3.63, 3.8) is 0 Å². The summed E-state index contributed by atoms with van der Waals surface area (Å²) in [7, 11) is 0. The Morgan fingerprint density at radius 2 is 1.89 bits per heavy atom. The Morgan fingerprint density at radius 3 is 2.63 bits per heavy atom. The van der Waals surface area contributed by atoms with Crippen molar-refractivity contribution in [2.24, 2.45) is 23.7 Å². The van der Waals surface area contributed by atoms with Crippen LogP contribution in [0.15, 0.2) is 0 Å². The molecule has 0 saturated heterocycles. The molecule has 108 valence electrons. The second kappa shape index (κ2) is 4.76. The summed E-state index contributed by atoms with van der Waals surface area (Å²) in [4.78, 5) is 12.4. The lowest BCUT2D eigenvalue weighted by Crippen LogP contribution is -2.56. The lowest BCUT2D eigenvalue weighted by Gasteiger charge is -2.34. The fraction of sp³-hybridized carbons (Fsp3) is 0.938. The zero-order valence-electron chi connectivity index (χ0n) is 12.5. The highest BCUT2D eigenvalue weighted by Gasteiger charge is 2.54. The molecule has 3 rings (SSSR count). The van der Waals surface area contributed by atoms with E-state index in [9.17, 15) is 4.79 Å². The molecule has 1 amide bonds. The Morgan fingerprint density at radius 1 is 1.16 bits per heavy atom. The number of likely N-dealkylation sites (N-methyl/N-ethyl adjacent to an activating group) is 1. The third kappa shape index (κ3) is 2.20. The molecule has 3 heteroatoms. The lowest BCUT2D eigenvalue weighted by molar-refractivity contribution is -0.127. The first-order valence-corrected chi connectivity index (χ1v) is 8.09. The first kappa shape index (κ1) is 13.4. The van der Waals surface area contributed by atoms with Crippen molar-refractivity contribution in [1.82, 2.24) is 10.6 Å². The highest BCUT2D eigenvalue weighted by atomic mass is 16.2. The minimum absolute atomic E-state index is 0.182. The highest BCUT2D eigenvalue weighted by molar-refractivity contribution is 5.85. The van der Waals surface area contributed by atoms with Crippen molar-refractivity contribution < 1.29 is 4.79 Å². The van der Waals surface area contributed by atoms with Gasteiger partial charge in [0.15, 0.2) is 0 Å². The van der Waals surface area contributed by atoms with E-state index in [0.29, 0.717) is 6.04 Å². The van der Waals surface area contributed by atoms with Gasteiger partial charge in [-0.15, -0.1) is 0 Å². The van der Waals surface area contributed by atoms with E-state index in [1.54, 1.807) is 0 Å². The van der Waals surface area contributed by atoms with Crippen LogP contribution < -0.4 is 10.6 Å². The SMILES string of the molecule is CCNC(C)(C)C(=O)NC1CC2CC1C1CCCC21. The molecule has 0 heterocycles. The monoisotopic (exact) mass is 264 g/mol. The lowest BCUT2D eigenvalue weighted by atomic mass is 9.79. The molecule has 3 fully saturated rings. The van der Waals surface area contributed by atoms with Crippen LogP contribution in [0.4, 0.5) is 0 Å². The van der Waals surface area contributed by atoms with Gasteiger partial charge in [0.05, 0.1) is 5.54 Å². The quantitative estimate of drug-likeness (QED) is 0.818. The molecule has 0 aromatic carbocycles. The molecule has 3 saturated carbocycles. The van der Waals surface area contributed by atoms with Gasteiger partial charge in [0.25, 0.3) is 0 Å². The fourth-order valence-electron chi connectivity index (χ4n) is 5.11. The molecule has 2 N–H and O–H groups in total. The Labute approximate surface area is 116 Å². The number of nitrogens with one attached hydrogen (secondary N) is 2. The van der Waals surface area contributed by atoms with Crippen LogP contribution in [0.3, 0.4) is 0 Å². The largest absolute Gasteiger partial charge is 0.351 e. The summed E-state index contributed by atoms with van der Waals surface area (Å²) < 4.78 is 0. The van der Waals surface area contributed by atoms with E-state index in [1.165, 1.54) is 32.1 Å². The summed E-state index contributed by atoms with van der Waals surface area (Å²) in [5, 5.41) is 6.62. The maximum atomic E-state index is 12.4. The topological polar surface area (TPSA) is 41.1 Å². The summed E-state index contributed by atoms with van der Waals surface area (Å²) in [5.41, 5.74) is -0.439. The summed E-state index contributed by atoms with van der Waals surface area (Å²) in [6, 6.07) is 0.454. The van der Waals surface area contributed by atoms with Crippen molar-refractivity contribution in [2.45, 2.75) is 64.5 Å². The van der Waals surface area contributed by atoms with Gasteiger partial charge in [-0.3, -0.25) is 4.79 Å². The van der Waals surface area contributed by atoms with Gasteiger partial charge in [-0.1, -0.05) is 13.3 Å². The van der Waals surface area contributed by atoms with E-state index >= 15 is 0 Å². The molecule has 2 bridgehead atoms. The zero-order valence-corrected chi connectivity index (χ0v) is 12.5. The Kier molecular flexibility index (Phi) is 3.36. The Hall–Kier alpha value is -0.570. The smallest absolute Gasteiger partial charge is 0.239 e. The van der Waals surface area contributed by atoms with Gasteiger partial charge in [0.1, 0.15) is 0 Å². The molecule has 3 aliphatic rings. The van der Waals surface area contributed by atoms with E-state index < -0.39 is 5.54 Å². The van der Waals surface area contributed by atoms with E-state index in [1.807, 2.05) is 13.8 Å². The van der Waals surface area contributed by atoms with Gasteiger partial charge in [-0.2, -0.15) is 0 Å². The van der Waals surface area contributed by atoms with Crippen molar-refractivity contribution >= 4 is 5.91 Å². The third-order valence-corrected chi connectivity index (χ3v) is 5.93. The number of carbonyl (C=O) groups excluding carboxylic acids is 1. The maximum absolute atomic E-state index is 12.4. The van der Waals surface area contributed by atoms with Crippen LogP contribution in [0, 0.1) is 23.7 Å². The number of hydrogen-bond acceptors (Lipinski definition) is 2. The number of hydrogen-bond donors (Lipinski definition) is 2. The predicted molar refractivity (Wildman–Crippen MR) is 76.7 cm³/mol. The molecule has 5 atom stereocenters. The molecular formula is C16H28N2O. The highest BCUT2D eigenvalue weighted by Crippen LogP contribution is 2.58. The van der Waals surface area contributed by atoms with E-state index in [4.69, 9.17) is 0 Å². The van der Waals surface area contributed by atoms with Crippen LogP contribution in [0.2, 0.25) is 0 Å². The van der Waals surface area contributed by atoms with Crippen molar-refractivity contribution in [3.05, 3.63) is 0 Å². The molecule has 0 aliphatic heterocycles. The van der Waals surface area contributed by atoms with Crippen LogP contribution in [0.5, 0.6) is 0 Å². The van der Waals surface area contributed by atoms with E-state index in [2.05, 4.69) is 17.6 Å². The second-order valence-electron chi connectivity index (χ2n) is 7.39. The second-order valence-corrected chi connectivity index (χ2v) is 7.39. The van der Waals surface area contributed by atoms with Gasteiger partial charge in [0.2, 0.25) is 5.91 Å². The summed E-state index contributed by atoms with van der Waals surface area (Å²) >= 11 is 0. The molecule has 0 radical (unpaired) electrons. The molecule has 19 heavy (non-hydrogen) atoms. The van der Waals surface area contributed by atoms with Crippen LogP contribution in [-0.4, -0.2) is 24.0 Å². The molecule has 0 spiro atoms. The van der Waals surface area contributed by atoms with Gasteiger partial charge in [-0.25, -0.2) is 0 Å². The Balaban J connectivity index is 1.62. The fourth-order valence-corrected chi connectivity index (χ4v) is 5.11. The predicted octanol–water partition coefficient (Wildman–Crippen LogP) is 2.32. The van der Waals surface area contributed by atoms with Gasteiger partial charge in [-0.05, 0) is 69.7 Å². The average Bonchev–Trinajstić information content (AvgIpc) is 2.99. The molecule has 0 aromatic heterocycles. The van der Waals surface area contributed by atoms with Gasteiger partial charge in [0, 0.05) is 6.04 Å². The van der Waals surface area contributed by atoms with Crippen LogP contribution >= 0.6 is 0 Å².